The van der Waals surface area contributed by atoms with Gasteiger partial charge in [0.1, 0.15) is 5.82 Å². The average molecular weight is 357 g/mol. The summed E-state index contributed by atoms with van der Waals surface area (Å²) in [6, 6.07) is 19.6. The highest BCUT2D eigenvalue weighted by atomic mass is 15.1. The Balaban J connectivity index is 1.77. The molecule has 0 saturated carbocycles. The smallest absolute Gasteiger partial charge is 0.229 e. The molecule has 0 saturated heterocycles. The second-order valence-corrected chi connectivity index (χ2v) is 7.48. The summed E-state index contributed by atoms with van der Waals surface area (Å²) < 4.78 is 0. The highest BCUT2D eigenvalue weighted by molar-refractivity contribution is 5.61. The van der Waals surface area contributed by atoms with Gasteiger partial charge in [-0.25, -0.2) is 4.98 Å². The van der Waals surface area contributed by atoms with Crippen LogP contribution in [0.15, 0.2) is 54.6 Å². The summed E-state index contributed by atoms with van der Waals surface area (Å²) in [7, 11) is 0. The summed E-state index contributed by atoms with van der Waals surface area (Å²) in [5.74, 6) is 1.23. The van der Waals surface area contributed by atoms with Crippen molar-refractivity contribution in [2.24, 2.45) is 0 Å². The Bertz CT molecular complexity index is 962. The third kappa shape index (κ3) is 4.83. The Morgan fingerprint density at radius 2 is 1.44 bits per heavy atom. The summed E-state index contributed by atoms with van der Waals surface area (Å²) in [5, 5.41) is 15.4. The molecule has 3 rings (SSSR count). The minimum Gasteiger partial charge on any atom is -0.340 e. The first-order valence-corrected chi connectivity index (χ1v) is 8.84. The van der Waals surface area contributed by atoms with Gasteiger partial charge in [0.25, 0.3) is 0 Å². The fourth-order valence-corrected chi connectivity index (χ4v) is 2.65. The molecule has 0 unspecified atom stereocenters. The van der Waals surface area contributed by atoms with Crippen LogP contribution in [-0.2, 0) is 5.41 Å². The van der Waals surface area contributed by atoms with Gasteiger partial charge in [-0.2, -0.15) is 10.2 Å². The van der Waals surface area contributed by atoms with E-state index < -0.39 is 0 Å². The normalized spacial score (nSPS) is 10.9. The lowest BCUT2D eigenvalue weighted by Crippen LogP contribution is -2.10. The number of nitrogens with zero attached hydrogens (tertiary/aromatic N) is 3. The van der Waals surface area contributed by atoms with Crippen LogP contribution in [0.2, 0.25) is 0 Å². The minimum absolute atomic E-state index is 0.122. The molecule has 5 nitrogen and oxygen atoms in total. The molecule has 0 spiro atoms. The van der Waals surface area contributed by atoms with E-state index >= 15 is 0 Å². The standard InChI is InChI=1S/C22H23N5/c1-15-13-20(25-18-9-5-16(14-23)6-10-18)27-21(24-15)26-19-11-7-17(8-12-19)22(2,3)4/h5-13H,1-4H3,(H2,24,25,26,27). The molecule has 27 heavy (non-hydrogen) atoms. The first-order chi connectivity index (χ1) is 12.8. The van der Waals surface area contributed by atoms with E-state index in [1.807, 2.05) is 37.3 Å². The summed E-state index contributed by atoms with van der Waals surface area (Å²) >= 11 is 0. The number of aromatic nitrogens is 2. The molecule has 3 aromatic rings. The van der Waals surface area contributed by atoms with Gasteiger partial charge in [-0.05, 0) is 54.3 Å². The van der Waals surface area contributed by atoms with Crippen LogP contribution in [-0.4, -0.2) is 9.97 Å². The number of aryl methyl sites for hydroxylation is 1. The van der Waals surface area contributed by atoms with Crippen LogP contribution in [0.1, 0.15) is 37.6 Å². The van der Waals surface area contributed by atoms with E-state index in [9.17, 15) is 0 Å². The number of hydrogen-bond acceptors (Lipinski definition) is 5. The van der Waals surface area contributed by atoms with Crippen molar-refractivity contribution in [2.45, 2.75) is 33.1 Å². The highest BCUT2D eigenvalue weighted by Gasteiger charge is 2.13. The second kappa shape index (κ2) is 7.46. The van der Waals surface area contributed by atoms with E-state index in [1.165, 1.54) is 5.56 Å². The summed E-state index contributed by atoms with van der Waals surface area (Å²) in [5.41, 5.74) is 4.69. The fraction of sp³-hybridized carbons (Fsp3) is 0.227. The van der Waals surface area contributed by atoms with Crippen molar-refractivity contribution in [2.75, 3.05) is 10.6 Å². The Kier molecular flexibility index (Phi) is 5.09. The maximum Gasteiger partial charge on any atom is 0.229 e. The van der Waals surface area contributed by atoms with Crippen molar-refractivity contribution in [3.05, 3.63) is 71.4 Å². The van der Waals surface area contributed by atoms with E-state index in [0.717, 1.165) is 17.1 Å². The summed E-state index contributed by atoms with van der Waals surface area (Å²) in [4.78, 5) is 9.00. The van der Waals surface area contributed by atoms with Gasteiger partial charge in [0, 0.05) is 23.1 Å². The van der Waals surface area contributed by atoms with Crippen LogP contribution in [0.5, 0.6) is 0 Å². The van der Waals surface area contributed by atoms with E-state index in [-0.39, 0.29) is 5.41 Å². The Morgan fingerprint density at radius 3 is 2.04 bits per heavy atom. The van der Waals surface area contributed by atoms with Crippen LogP contribution in [0, 0.1) is 18.3 Å². The molecule has 0 atom stereocenters. The van der Waals surface area contributed by atoms with Gasteiger partial charge < -0.3 is 10.6 Å². The molecule has 1 heterocycles. The third-order valence-corrected chi connectivity index (χ3v) is 4.15. The van der Waals surface area contributed by atoms with E-state index in [2.05, 4.69) is 59.6 Å². The zero-order valence-corrected chi connectivity index (χ0v) is 16.0. The largest absolute Gasteiger partial charge is 0.340 e. The zero-order chi connectivity index (χ0) is 19.4. The maximum absolute atomic E-state index is 8.89. The maximum atomic E-state index is 8.89. The lowest BCUT2D eigenvalue weighted by Gasteiger charge is -2.19. The number of hydrogen-bond donors (Lipinski definition) is 2. The van der Waals surface area contributed by atoms with Crippen LogP contribution < -0.4 is 10.6 Å². The van der Waals surface area contributed by atoms with Crippen molar-refractivity contribution in [1.29, 1.82) is 5.26 Å². The quantitative estimate of drug-likeness (QED) is 0.650. The minimum atomic E-state index is 0.122. The molecular weight excluding hydrogens is 334 g/mol. The topological polar surface area (TPSA) is 73.6 Å². The molecular formula is C22H23N5. The molecule has 0 bridgehead atoms. The molecule has 2 N–H and O–H groups in total. The van der Waals surface area contributed by atoms with E-state index in [0.29, 0.717) is 17.3 Å². The van der Waals surface area contributed by atoms with Crippen molar-refractivity contribution < 1.29 is 0 Å². The molecule has 0 aliphatic carbocycles. The van der Waals surface area contributed by atoms with Gasteiger partial charge in [-0.3, -0.25) is 0 Å². The first-order valence-electron chi connectivity index (χ1n) is 8.84. The second-order valence-electron chi connectivity index (χ2n) is 7.48. The van der Waals surface area contributed by atoms with Crippen molar-refractivity contribution >= 4 is 23.1 Å². The van der Waals surface area contributed by atoms with Crippen LogP contribution in [0.25, 0.3) is 0 Å². The van der Waals surface area contributed by atoms with E-state index in [4.69, 9.17) is 5.26 Å². The van der Waals surface area contributed by atoms with Crippen LogP contribution in [0.4, 0.5) is 23.1 Å². The van der Waals surface area contributed by atoms with Gasteiger partial charge >= 0.3 is 0 Å². The Hall–Kier alpha value is -3.39. The SMILES string of the molecule is Cc1cc(Nc2ccc(C#N)cc2)nc(Nc2ccc(C(C)(C)C)cc2)n1. The van der Waals surface area contributed by atoms with Crippen molar-refractivity contribution in [3.8, 4) is 6.07 Å². The van der Waals surface area contributed by atoms with E-state index in [1.54, 1.807) is 12.1 Å². The molecule has 0 amide bonds. The van der Waals surface area contributed by atoms with Gasteiger partial charge in [0.2, 0.25) is 5.95 Å². The molecule has 0 fully saturated rings. The number of nitrogens with one attached hydrogen (secondary N) is 2. The van der Waals surface area contributed by atoms with Crippen molar-refractivity contribution in [1.82, 2.24) is 9.97 Å². The summed E-state index contributed by atoms with van der Waals surface area (Å²) in [6.07, 6.45) is 0. The highest BCUT2D eigenvalue weighted by Crippen LogP contribution is 2.25. The molecule has 136 valence electrons. The molecule has 0 aliphatic heterocycles. The number of anilines is 4. The number of benzene rings is 2. The average Bonchev–Trinajstić information content (AvgIpc) is 2.61. The van der Waals surface area contributed by atoms with Gasteiger partial charge in [-0.15, -0.1) is 0 Å². The molecule has 5 heteroatoms. The Morgan fingerprint density at radius 1 is 0.852 bits per heavy atom. The third-order valence-electron chi connectivity index (χ3n) is 4.15. The number of nitriles is 1. The molecule has 2 aromatic carbocycles. The lowest BCUT2D eigenvalue weighted by atomic mass is 9.87. The van der Waals surface area contributed by atoms with Gasteiger partial charge in [-0.1, -0.05) is 32.9 Å². The van der Waals surface area contributed by atoms with Crippen LogP contribution in [0.3, 0.4) is 0 Å². The predicted molar refractivity (Wildman–Crippen MR) is 110 cm³/mol. The van der Waals surface area contributed by atoms with Gasteiger partial charge in [0.15, 0.2) is 0 Å². The van der Waals surface area contributed by atoms with Gasteiger partial charge in [0.05, 0.1) is 11.6 Å². The predicted octanol–water partition coefficient (Wildman–Crippen LogP) is 5.44. The molecule has 1 aromatic heterocycles. The number of rotatable bonds is 4. The lowest BCUT2D eigenvalue weighted by molar-refractivity contribution is 0.590. The zero-order valence-electron chi connectivity index (χ0n) is 16.0. The van der Waals surface area contributed by atoms with Crippen molar-refractivity contribution in [3.63, 3.8) is 0 Å². The molecule has 0 radical (unpaired) electrons. The Labute approximate surface area is 160 Å². The molecule has 0 aliphatic rings. The monoisotopic (exact) mass is 357 g/mol. The summed E-state index contributed by atoms with van der Waals surface area (Å²) in [6.45, 7) is 8.51. The van der Waals surface area contributed by atoms with Crippen LogP contribution >= 0.6 is 0 Å². The fourth-order valence-electron chi connectivity index (χ4n) is 2.65. The first kappa shape index (κ1) is 18.4.